The van der Waals surface area contributed by atoms with Crippen molar-refractivity contribution in [1.82, 2.24) is 4.72 Å². The third kappa shape index (κ3) is 3.83. The molecule has 0 spiro atoms. The molecule has 1 aromatic rings. The molecule has 0 heterocycles. The molecule has 0 aliphatic heterocycles. The fraction of sp³-hybridized carbons (Fsp3) is 0.462. The molecule has 18 heavy (non-hydrogen) atoms. The SMILES string of the molecule is Cc1ccc(C#N)cc1S(=O)(=O)NCCC(C)C. The normalized spacial score (nSPS) is 11.5. The lowest BCUT2D eigenvalue weighted by molar-refractivity contribution is 0.551. The highest BCUT2D eigenvalue weighted by atomic mass is 32.2. The molecule has 0 aromatic heterocycles. The molecule has 0 atom stereocenters. The second-order valence-electron chi connectivity index (χ2n) is 4.67. The van der Waals surface area contributed by atoms with E-state index >= 15 is 0 Å². The van der Waals surface area contributed by atoms with Gasteiger partial charge in [-0.05, 0) is 37.0 Å². The van der Waals surface area contributed by atoms with Crippen LogP contribution < -0.4 is 4.72 Å². The summed E-state index contributed by atoms with van der Waals surface area (Å²) in [4.78, 5) is 0.185. The van der Waals surface area contributed by atoms with Crippen LogP contribution in [-0.2, 0) is 10.0 Å². The Morgan fingerprint density at radius 2 is 2.06 bits per heavy atom. The van der Waals surface area contributed by atoms with Gasteiger partial charge >= 0.3 is 0 Å². The van der Waals surface area contributed by atoms with Crippen molar-refractivity contribution in [3.05, 3.63) is 29.3 Å². The fourth-order valence-corrected chi connectivity index (χ4v) is 2.83. The Hall–Kier alpha value is -1.38. The van der Waals surface area contributed by atoms with Gasteiger partial charge in [0.25, 0.3) is 0 Å². The number of nitrogens with one attached hydrogen (secondary N) is 1. The van der Waals surface area contributed by atoms with E-state index in [2.05, 4.69) is 4.72 Å². The largest absolute Gasteiger partial charge is 0.240 e. The van der Waals surface area contributed by atoms with Crippen molar-refractivity contribution < 1.29 is 8.42 Å². The van der Waals surface area contributed by atoms with Gasteiger partial charge in [0.2, 0.25) is 10.0 Å². The first kappa shape index (κ1) is 14.7. The highest BCUT2D eigenvalue weighted by Crippen LogP contribution is 2.16. The highest BCUT2D eigenvalue weighted by Gasteiger charge is 2.16. The lowest BCUT2D eigenvalue weighted by atomic mass is 10.1. The van der Waals surface area contributed by atoms with Crippen LogP contribution in [0.2, 0.25) is 0 Å². The Bertz CT molecular complexity index is 557. The second-order valence-corrected chi connectivity index (χ2v) is 6.41. The zero-order chi connectivity index (χ0) is 13.8. The summed E-state index contributed by atoms with van der Waals surface area (Å²) in [6, 6.07) is 6.62. The maximum absolute atomic E-state index is 12.1. The number of sulfonamides is 1. The van der Waals surface area contributed by atoms with Crippen molar-refractivity contribution >= 4 is 10.0 Å². The lowest BCUT2D eigenvalue weighted by Crippen LogP contribution is -2.26. The van der Waals surface area contributed by atoms with E-state index in [0.29, 0.717) is 23.6 Å². The van der Waals surface area contributed by atoms with Gasteiger partial charge in [0.1, 0.15) is 0 Å². The summed E-state index contributed by atoms with van der Waals surface area (Å²) in [7, 11) is -3.52. The van der Waals surface area contributed by atoms with E-state index in [1.807, 2.05) is 19.9 Å². The lowest BCUT2D eigenvalue weighted by Gasteiger charge is -2.10. The van der Waals surface area contributed by atoms with Gasteiger partial charge in [-0.2, -0.15) is 5.26 Å². The molecule has 0 amide bonds. The third-order valence-electron chi connectivity index (χ3n) is 2.62. The molecule has 1 aromatic carbocycles. The van der Waals surface area contributed by atoms with Crippen LogP contribution in [0.25, 0.3) is 0 Å². The fourth-order valence-electron chi connectivity index (χ4n) is 1.52. The monoisotopic (exact) mass is 266 g/mol. The molecule has 0 bridgehead atoms. The van der Waals surface area contributed by atoms with Crippen LogP contribution in [0.4, 0.5) is 0 Å². The summed E-state index contributed by atoms with van der Waals surface area (Å²) >= 11 is 0. The predicted molar refractivity (Wildman–Crippen MR) is 70.5 cm³/mol. The van der Waals surface area contributed by atoms with E-state index in [4.69, 9.17) is 5.26 Å². The molecule has 0 saturated heterocycles. The van der Waals surface area contributed by atoms with Crippen LogP contribution in [0.5, 0.6) is 0 Å². The van der Waals surface area contributed by atoms with E-state index in [0.717, 1.165) is 6.42 Å². The molecule has 5 heteroatoms. The molecular weight excluding hydrogens is 248 g/mol. The second kappa shape index (κ2) is 5.98. The van der Waals surface area contributed by atoms with Gasteiger partial charge in [-0.25, -0.2) is 13.1 Å². The Kier molecular flexibility index (Phi) is 4.88. The Balaban J connectivity index is 2.95. The van der Waals surface area contributed by atoms with Gasteiger partial charge < -0.3 is 0 Å². The molecule has 0 unspecified atom stereocenters. The van der Waals surface area contributed by atoms with Crippen molar-refractivity contribution in [3.63, 3.8) is 0 Å². The van der Waals surface area contributed by atoms with Crippen LogP contribution >= 0.6 is 0 Å². The third-order valence-corrected chi connectivity index (χ3v) is 4.22. The molecule has 0 radical (unpaired) electrons. The first-order valence-corrected chi connectivity index (χ1v) is 7.35. The van der Waals surface area contributed by atoms with E-state index in [-0.39, 0.29) is 4.90 Å². The quantitative estimate of drug-likeness (QED) is 0.888. The molecule has 4 nitrogen and oxygen atoms in total. The van der Waals surface area contributed by atoms with Gasteiger partial charge in [-0.1, -0.05) is 19.9 Å². The summed E-state index contributed by atoms with van der Waals surface area (Å²) in [6.45, 7) is 6.21. The number of benzene rings is 1. The number of nitriles is 1. The van der Waals surface area contributed by atoms with Crippen LogP contribution in [0.15, 0.2) is 23.1 Å². The number of aryl methyl sites for hydroxylation is 1. The van der Waals surface area contributed by atoms with Crippen molar-refractivity contribution in [1.29, 1.82) is 5.26 Å². The van der Waals surface area contributed by atoms with Crippen molar-refractivity contribution in [2.45, 2.75) is 32.1 Å². The predicted octanol–water partition coefficient (Wildman–Crippen LogP) is 2.19. The molecule has 0 aliphatic rings. The van der Waals surface area contributed by atoms with Crippen LogP contribution in [0, 0.1) is 24.2 Å². The number of rotatable bonds is 5. The minimum absolute atomic E-state index is 0.185. The first-order valence-electron chi connectivity index (χ1n) is 5.87. The van der Waals surface area contributed by atoms with E-state index < -0.39 is 10.0 Å². The van der Waals surface area contributed by atoms with E-state index in [1.54, 1.807) is 19.1 Å². The summed E-state index contributed by atoms with van der Waals surface area (Å²) in [6.07, 6.45) is 0.788. The highest BCUT2D eigenvalue weighted by molar-refractivity contribution is 7.89. The number of hydrogen-bond donors (Lipinski definition) is 1. The van der Waals surface area contributed by atoms with Gasteiger partial charge in [0.05, 0.1) is 16.5 Å². The van der Waals surface area contributed by atoms with Crippen molar-refractivity contribution in [3.8, 4) is 6.07 Å². The first-order chi connectivity index (χ1) is 8.36. The van der Waals surface area contributed by atoms with Crippen molar-refractivity contribution in [2.24, 2.45) is 5.92 Å². The minimum Gasteiger partial charge on any atom is -0.211 e. The van der Waals surface area contributed by atoms with E-state index in [1.165, 1.54) is 6.07 Å². The zero-order valence-corrected chi connectivity index (χ0v) is 11.7. The Morgan fingerprint density at radius 1 is 1.39 bits per heavy atom. The molecule has 1 N–H and O–H groups in total. The van der Waals surface area contributed by atoms with Crippen LogP contribution in [0.1, 0.15) is 31.4 Å². The average Bonchev–Trinajstić information content (AvgIpc) is 2.28. The summed E-state index contributed by atoms with van der Waals surface area (Å²) < 4.78 is 26.7. The van der Waals surface area contributed by atoms with Gasteiger partial charge in [-0.3, -0.25) is 0 Å². The molecular formula is C13H18N2O2S. The summed E-state index contributed by atoms with van der Waals surface area (Å²) in [5, 5.41) is 8.80. The molecule has 0 saturated carbocycles. The Labute approximate surface area is 109 Å². The number of hydrogen-bond acceptors (Lipinski definition) is 3. The smallest absolute Gasteiger partial charge is 0.211 e. The average molecular weight is 266 g/mol. The molecule has 0 fully saturated rings. The van der Waals surface area contributed by atoms with Gasteiger partial charge in [0.15, 0.2) is 0 Å². The molecule has 0 aliphatic carbocycles. The molecule has 1 rings (SSSR count). The number of nitrogens with zero attached hydrogens (tertiary/aromatic N) is 1. The zero-order valence-electron chi connectivity index (χ0n) is 10.9. The topological polar surface area (TPSA) is 70.0 Å². The summed E-state index contributed by atoms with van der Waals surface area (Å²) in [5.41, 5.74) is 0.996. The van der Waals surface area contributed by atoms with Crippen molar-refractivity contribution in [2.75, 3.05) is 6.54 Å². The maximum Gasteiger partial charge on any atom is 0.240 e. The van der Waals surface area contributed by atoms with Crippen LogP contribution in [-0.4, -0.2) is 15.0 Å². The van der Waals surface area contributed by atoms with Gasteiger partial charge in [0, 0.05) is 6.54 Å². The maximum atomic E-state index is 12.1. The van der Waals surface area contributed by atoms with Gasteiger partial charge in [-0.15, -0.1) is 0 Å². The standard InChI is InChI=1S/C13H18N2O2S/c1-10(2)6-7-15-18(16,17)13-8-12(9-14)5-4-11(13)3/h4-5,8,10,15H,6-7H2,1-3H3. The van der Waals surface area contributed by atoms with Crippen LogP contribution in [0.3, 0.4) is 0 Å². The van der Waals surface area contributed by atoms with E-state index in [9.17, 15) is 8.42 Å². The minimum atomic E-state index is -3.52. The summed E-state index contributed by atoms with van der Waals surface area (Å²) in [5.74, 6) is 0.444. The Morgan fingerprint density at radius 3 is 2.61 bits per heavy atom. The molecule has 98 valence electrons.